The molecule has 5 aromatic rings. The van der Waals surface area contributed by atoms with Crippen LogP contribution in [0.4, 0.5) is 5.82 Å². The third kappa shape index (κ3) is 9.42. The first kappa shape index (κ1) is 40.5. The number of H-pyrrole nitrogens is 1. The number of carbonyl (C=O) groups is 6. The van der Waals surface area contributed by atoms with E-state index < -0.39 is 67.2 Å². The van der Waals surface area contributed by atoms with Gasteiger partial charge in [0.2, 0.25) is 29.5 Å². The molecule has 1 aliphatic rings. The number of phenols is 2. The maximum absolute atomic E-state index is 13.9. The van der Waals surface area contributed by atoms with Crippen molar-refractivity contribution in [3.63, 3.8) is 0 Å². The van der Waals surface area contributed by atoms with Crippen LogP contribution >= 0.6 is 11.6 Å². The topological polar surface area (TPSA) is 226 Å². The summed E-state index contributed by atoms with van der Waals surface area (Å²) in [4.78, 5) is 82.3. The first-order valence-electron chi connectivity index (χ1n) is 17.9. The van der Waals surface area contributed by atoms with Crippen molar-refractivity contribution >= 4 is 52.9 Å². The fourth-order valence-electron chi connectivity index (χ4n) is 6.33. The van der Waals surface area contributed by atoms with Gasteiger partial charge in [0.05, 0.1) is 25.8 Å². The Morgan fingerprint density at radius 3 is 2.12 bits per heavy atom. The molecule has 4 bridgehead atoms. The molecule has 2 heterocycles. The SMILES string of the molecule is CN(C(=O)CNC(=O)[C@@H]1Cc2ccc(O)c(c2)-c2cc(ccc2O)[C@H](N(C)C(=O)CNC(=O)c2ccc(-c3ccc(Cl)cc3)cc2)C(=O)NCC(=O)N1)c1ccn[nH]1. The van der Waals surface area contributed by atoms with Crippen LogP contribution < -0.4 is 26.2 Å². The van der Waals surface area contributed by atoms with Gasteiger partial charge >= 0.3 is 0 Å². The van der Waals surface area contributed by atoms with Gasteiger partial charge in [-0.25, -0.2) is 0 Å². The normalized spacial score (nSPS) is 15.2. The Balaban J connectivity index is 1.20. The molecule has 0 radical (unpaired) electrons. The van der Waals surface area contributed by atoms with E-state index in [9.17, 15) is 39.0 Å². The summed E-state index contributed by atoms with van der Waals surface area (Å²) in [7, 11) is 2.84. The number of rotatable bonds is 9. The lowest BCUT2D eigenvalue weighted by Crippen LogP contribution is -2.53. The summed E-state index contributed by atoms with van der Waals surface area (Å²) in [5.74, 6) is -4.03. The first-order chi connectivity index (χ1) is 27.8. The van der Waals surface area contributed by atoms with Gasteiger partial charge in [0, 0.05) is 48.3 Å². The van der Waals surface area contributed by atoms with E-state index in [2.05, 4.69) is 31.5 Å². The monoisotopic (exact) mass is 806 g/mol. The van der Waals surface area contributed by atoms with Crippen molar-refractivity contribution in [1.29, 1.82) is 0 Å². The fourth-order valence-corrected chi connectivity index (χ4v) is 6.45. The predicted octanol–water partition coefficient (Wildman–Crippen LogP) is 2.67. The number of anilines is 1. The van der Waals surface area contributed by atoms with Gasteiger partial charge in [0.15, 0.2) is 0 Å². The second-order valence-electron chi connectivity index (χ2n) is 13.5. The first-order valence-corrected chi connectivity index (χ1v) is 18.3. The maximum Gasteiger partial charge on any atom is 0.251 e. The van der Waals surface area contributed by atoms with Crippen molar-refractivity contribution in [2.45, 2.75) is 18.5 Å². The number of carbonyl (C=O) groups excluding carboxylic acids is 6. The molecule has 0 saturated carbocycles. The van der Waals surface area contributed by atoms with Crippen molar-refractivity contribution in [2.24, 2.45) is 0 Å². The van der Waals surface area contributed by atoms with E-state index in [0.29, 0.717) is 22.0 Å². The predicted molar refractivity (Wildman–Crippen MR) is 214 cm³/mol. The molecule has 58 heavy (non-hydrogen) atoms. The molecule has 0 fully saturated rings. The van der Waals surface area contributed by atoms with E-state index >= 15 is 0 Å². The lowest BCUT2D eigenvalue weighted by molar-refractivity contribution is -0.139. The number of nitrogens with zero attached hydrogens (tertiary/aromatic N) is 3. The number of likely N-dealkylation sites (N-methyl/N-ethyl adjacent to an activating group) is 2. The highest BCUT2D eigenvalue weighted by Gasteiger charge is 2.31. The second-order valence-corrected chi connectivity index (χ2v) is 13.9. The summed E-state index contributed by atoms with van der Waals surface area (Å²) in [5, 5.41) is 39.2. The van der Waals surface area contributed by atoms with Crippen LogP contribution in [-0.4, -0.2) is 101 Å². The van der Waals surface area contributed by atoms with Gasteiger partial charge in [-0.1, -0.05) is 48.0 Å². The molecule has 0 saturated heterocycles. The van der Waals surface area contributed by atoms with E-state index in [4.69, 9.17) is 11.6 Å². The second kappa shape index (κ2) is 17.7. The molecule has 1 aromatic heterocycles. The molecule has 16 nitrogen and oxygen atoms in total. The third-order valence-electron chi connectivity index (χ3n) is 9.59. The quantitative estimate of drug-likeness (QED) is 0.116. The number of fused-ring (bicyclic) bond motifs is 5. The van der Waals surface area contributed by atoms with Gasteiger partial charge in [-0.3, -0.25) is 38.8 Å². The molecule has 2 atom stereocenters. The highest BCUT2D eigenvalue weighted by molar-refractivity contribution is 6.30. The van der Waals surface area contributed by atoms with E-state index in [1.54, 1.807) is 42.5 Å². The number of halogens is 1. The minimum absolute atomic E-state index is 0.0953. The van der Waals surface area contributed by atoms with Gasteiger partial charge in [0.1, 0.15) is 29.4 Å². The van der Waals surface area contributed by atoms with Crippen LogP contribution in [0.25, 0.3) is 22.3 Å². The molecule has 0 spiro atoms. The Morgan fingerprint density at radius 2 is 1.45 bits per heavy atom. The summed E-state index contributed by atoms with van der Waals surface area (Å²) in [6, 6.07) is 21.5. The van der Waals surface area contributed by atoms with Crippen molar-refractivity contribution < 1.29 is 39.0 Å². The minimum Gasteiger partial charge on any atom is -0.507 e. The lowest BCUT2D eigenvalue weighted by atomic mass is 9.94. The number of hydrogen-bond donors (Lipinski definition) is 7. The van der Waals surface area contributed by atoms with E-state index in [0.717, 1.165) is 16.0 Å². The summed E-state index contributed by atoms with van der Waals surface area (Å²) >= 11 is 5.99. The highest BCUT2D eigenvalue weighted by Crippen LogP contribution is 2.38. The van der Waals surface area contributed by atoms with Crippen LogP contribution in [0, 0.1) is 0 Å². The molecule has 7 N–H and O–H groups in total. The lowest BCUT2D eigenvalue weighted by Gasteiger charge is -2.29. The zero-order valence-corrected chi connectivity index (χ0v) is 32.0. The van der Waals surface area contributed by atoms with Crippen molar-refractivity contribution in [3.8, 4) is 33.8 Å². The van der Waals surface area contributed by atoms with E-state index in [-0.39, 0.29) is 34.6 Å². The van der Waals surface area contributed by atoms with Crippen LogP contribution in [0.5, 0.6) is 11.5 Å². The number of amides is 6. The molecular weight excluding hydrogens is 768 g/mol. The summed E-state index contributed by atoms with van der Waals surface area (Å²) in [6.45, 7) is -1.52. The molecular formula is C41H39ClN8O8. The maximum atomic E-state index is 13.9. The van der Waals surface area contributed by atoms with Gasteiger partial charge < -0.3 is 36.4 Å². The number of phenolic OH excluding ortho intramolecular Hbond substituents is 2. The molecule has 298 valence electrons. The summed E-state index contributed by atoms with van der Waals surface area (Å²) in [6.07, 6.45) is 1.37. The Hall–Kier alpha value is -7.20. The van der Waals surface area contributed by atoms with Crippen molar-refractivity contribution in [1.82, 2.24) is 36.4 Å². The number of aromatic amines is 1. The van der Waals surface area contributed by atoms with Crippen LogP contribution in [0.3, 0.4) is 0 Å². The average molecular weight is 807 g/mol. The number of benzene rings is 4. The molecule has 6 amide bonds. The average Bonchev–Trinajstić information content (AvgIpc) is 3.77. The number of nitrogens with one attached hydrogen (secondary N) is 5. The summed E-state index contributed by atoms with van der Waals surface area (Å²) in [5.41, 5.74) is 2.98. The molecule has 17 heteroatoms. The van der Waals surface area contributed by atoms with Gasteiger partial charge in [-0.05, 0) is 70.8 Å². The zero-order valence-electron chi connectivity index (χ0n) is 31.3. The van der Waals surface area contributed by atoms with Crippen LogP contribution in [0.1, 0.15) is 27.5 Å². The summed E-state index contributed by atoms with van der Waals surface area (Å²) < 4.78 is 0. The molecule has 0 unspecified atom stereocenters. The minimum atomic E-state index is -1.39. The van der Waals surface area contributed by atoms with Crippen molar-refractivity contribution in [3.05, 3.63) is 119 Å². The van der Waals surface area contributed by atoms with Crippen LogP contribution in [-0.2, 0) is 30.4 Å². The molecule has 6 rings (SSSR count). The Morgan fingerprint density at radius 1 is 0.810 bits per heavy atom. The molecule has 4 aromatic carbocycles. The Bertz CT molecular complexity index is 2350. The standard InChI is InChI=1S/C41H39ClN8O8/c1-49(34-15-16-46-48-34)36(54)21-45-40(57)31-18-23-3-13-32(51)29(17-23)30-19-27(10-14-33(30)52)38(41(58)43-20-35(53)47-31)50(2)37(55)22-44-39(56)26-6-4-24(5-7-26)25-8-11-28(42)12-9-25/h3-17,19,31,38,51-52H,18,20-22H2,1-2H3,(H,43,58)(H,44,56)(H,45,57)(H,46,48)(H,47,53)/t31-,38-/m0/s1. The number of aromatic hydroxyl groups is 2. The van der Waals surface area contributed by atoms with Gasteiger partial charge in [-0.2, -0.15) is 5.10 Å². The van der Waals surface area contributed by atoms with Crippen molar-refractivity contribution in [2.75, 3.05) is 38.6 Å². The Labute approximate surface area is 337 Å². The number of aromatic nitrogens is 2. The van der Waals surface area contributed by atoms with Crippen LogP contribution in [0.15, 0.2) is 97.2 Å². The van der Waals surface area contributed by atoms with E-state index in [1.165, 1.54) is 61.6 Å². The Kier molecular flexibility index (Phi) is 12.4. The van der Waals surface area contributed by atoms with E-state index in [1.807, 2.05) is 12.1 Å². The van der Waals surface area contributed by atoms with Gasteiger partial charge in [-0.15, -0.1) is 0 Å². The fraction of sp³-hybridized carbons (Fsp3) is 0.195. The molecule has 1 aliphatic heterocycles. The molecule has 0 aliphatic carbocycles. The zero-order chi connectivity index (χ0) is 41.5. The number of hydrogen-bond acceptors (Lipinski definition) is 9. The third-order valence-corrected chi connectivity index (χ3v) is 9.84. The van der Waals surface area contributed by atoms with Crippen LogP contribution in [0.2, 0.25) is 5.02 Å². The van der Waals surface area contributed by atoms with Gasteiger partial charge in [0.25, 0.3) is 5.91 Å². The highest BCUT2D eigenvalue weighted by atomic mass is 35.5. The largest absolute Gasteiger partial charge is 0.507 e. The smallest absolute Gasteiger partial charge is 0.251 e.